The Labute approximate surface area is 118 Å². The molecule has 1 heteroatoms. The lowest BCUT2D eigenvalue weighted by Gasteiger charge is -2.10. The van der Waals surface area contributed by atoms with Gasteiger partial charge in [-0.1, -0.05) is 77.8 Å². The summed E-state index contributed by atoms with van der Waals surface area (Å²) < 4.78 is 0. The molecule has 0 heterocycles. The molecule has 0 fully saturated rings. The second-order valence-electron chi connectivity index (χ2n) is 4.51. The SMILES string of the molecule is CCCCC(=CCBr)c1cccc2ccccc12. The van der Waals surface area contributed by atoms with E-state index < -0.39 is 0 Å². The third kappa shape index (κ3) is 3.02. The van der Waals surface area contributed by atoms with Gasteiger partial charge in [-0.2, -0.15) is 0 Å². The van der Waals surface area contributed by atoms with Crippen molar-refractivity contribution in [2.24, 2.45) is 0 Å². The van der Waals surface area contributed by atoms with E-state index in [2.05, 4.69) is 71.4 Å². The van der Waals surface area contributed by atoms with Gasteiger partial charge < -0.3 is 0 Å². The summed E-state index contributed by atoms with van der Waals surface area (Å²) in [7, 11) is 0. The number of halogens is 1. The minimum atomic E-state index is 0.926. The molecule has 94 valence electrons. The first-order chi connectivity index (χ1) is 8.86. The van der Waals surface area contributed by atoms with E-state index >= 15 is 0 Å². The molecular weight excluding hydrogens is 284 g/mol. The predicted octanol–water partition coefficient (Wildman–Crippen LogP) is 5.81. The van der Waals surface area contributed by atoms with Gasteiger partial charge in [-0.05, 0) is 34.8 Å². The summed E-state index contributed by atoms with van der Waals surface area (Å²) in [5, 5.41) is 3.62. The number of allylic oxidation sites excluding steroid dienone is 2. The normalized spacial score (nSPS) is 12.0. The van der Waals surface area contributed by atoms with Gasteiger partial charge in [0.2, 0.25) is 0 Å². The van der Waals surface area contributed by atoms with Gasteiger partial charge in [0.1, 0.15) is 0 Å². The minimum absolute atomic E-state index is 0.926. The van der Waals surface area contributed by atoms with Gasteiger partial charge in [0.25, 0.3) is 0 Å². The Morgan fingerprint density at radius 1 is 1.11 bits per heavy atom. The molecule has 0 aliphatic heterocycles. The lowest BCUT2D eigenvalue weighted by Crippen LogP contribution is -1.88. The van der Waals surface area contributed by atoms with E-state index in [1.165, 1.54) is 34.8 Å². The molecule has 0 bridgehead atoms. The predicted molar refractivity (Wildman–Crippen MR) is 85.2 cm³/mol. The number of benzene rings is 2. The molecule has 0 N–H and O–H groups in total. The Kier molecular flexibility index (Phi) is 5.00. The van der Waals surface area contributed by atoms with Gasteiger partial charge >= 0.3 is 0 Å². The summed E-state index contributed by atoms with van der Waals surface area (Å²) in [5.41, 5.74) is 2.85. The Balaban J connectivity index is 2.47. The fraction of sp³-hybridized carbons (Fsp3) is 0.294. The maximum Gasteiger partial charge on any atom is 0.0217 e. The molecule has 0 saturated heterocycles. The van der Waals surface area contributed by atoms with Crippen LogP contribution in [0.3, 0.4) is 0 Å². The van der Waals surface area contributed by atoms with Crippen LogP contribution in [0.5, 0.6) is 0 Å². The maximum atomic E-state index is 3.53. The van der Waals surface area contributed by atoms with Crippen LogP contribution in [0, 0.1) is 0 Å². The monoisotopic (exact) mass is 302 g/mol. The molecule has 0 nitrogen and oxygen atoms in total. The van der Waals surface area contributed by atoms with E-state index in [0.29, 0.717) is 0 Å². The zero-order valence-electron chi connectivity index (χ0n) is 10.8. The zero-order chi connectivity index (χ0) is 12.8. The fourth-order valence-corrected chi connectivity index (χ4v) is 2.70. The first-order valence-electron chi connectivity index (χ1n) is 6.60. The molecule has 2 aromatic carbocycles. The van der Waals surface area contributed by atoms with Crippen LogP contribution in [0.4, 0.5) is 0 Å². The lowest BCUT2D eigenvalue weighted by atomic mass is 9.95. The Morgan fingerprint density at radius 2 is 1.89 bits per heavy atom. The molecular formula is C17H19Br. The standard InChI is InChI=1S/C17H19Br/c1-2-3-7-15(12-13-18)17-11-6-9-14-8-4-5-10-16(14)17/h4-6,8-12H,2-3,7,13H2,1H3. The van der Waals surface area contributed by atoms with Gasteiger partial charge in [0.05, 0.1) is 0 Å². The molecule has 0 radical (unpaired) electrons. The van der Waals surface area contributed by atoms with Crippen LogP contribution in [0.2, 0.25) is 0 Å². The number of alkyl halides is 1. The third-order valence-corrected chi connectivity index (χ3v) is 3.58. The van der Waals surface area contributed by atoms with Crippen LogP contribution < -0.4 is 0 Å². The highest BCUT2D eigenvalue weighted by atomic mass is 79.9. The van der Waals surface area contributed by atoms with Crippen molar-refractivity contribution in [3.63, 3.8) is 0 Å². The molecule has 0 aliphatic rings. The maximum absolute atomic E-state index is 3.53. The molecule has 0 spiro atoms. The fourth-order valence-electron chi connectivity index (χ4n) is 2.31. The third-order valence-electron chi connectivity index (χ3n) is 3.26. The van der Waals surface area contributed by atoms with Crippen LogP contribution >= 0.6 is 15.9 Å². The molecule has 0 saturated carbocycles. The topological polar surface area (TPSA) is 0 Å². The summed E-state index contributed by atoms with van der Waals surface area (Å²) in [6.45, 7) is 2.24. The number of fused-ring (bicyclic) bond motifs is 1. The molecule has 0 amide bonds. The van der Waals surface area contributed by atoms with E-state index in [1.807, 2.05) is 0 Å². The first-order valence-corrected chi connectivity index (χ1v) is 7.72. The molecule has 0 unspecified atom stereocenters. The van der Waals surface area contributed by atoms with Crippen molar-refractivity contribution in [2.45, 2.75) is 26.2 Å². The largest absolute Gasteiger partial charge is 0.0883 e. The van der Waals surface area contributed by atoms with Crippen LogP contribution in [0.25, 0.3) is 16.3 Å². The van der Waals surface area contributed by atoms with Crippen molar-refractivity contribution in [3.05, 3.63) is 54.1 Å². The molecule has 18 heavy (non-hydrogen) atoms. The second-order valence-corrected chi connectivity index (χ2v) is 5.16. The van der Waals surface area contributed by atoms with Gasteiger partial charge in [0, 0.05) is 5.33 Å². The van der Waals surface area contributed by atoms with Crippen LogP contribution in [0.1, 0.15) is 31.7 Å². The van der Waals surface area contributed by atoms with Gasteiger partial charge in [-0.25, -0.2) is 0 Å². The van der Waals surface area contributed by atoms with Gasteiger partial charge in [-0.3, -0.25) is 0 Å². The summed E-state index contributed by atoms with van der Waals surface area (Å²) >= 11 is 3.53. The summed E-state index contributed by atoms with van der Waals surface area (Å²) in [6.07, 6.45) is 5.96. The first kappa shape index (κ1) is 13.4. The number of hydrogen-bond acceptors (Lipinski definition) is 0. The van der Waals surface area contributed by atoms with E-state index in [4.69, 9.17) is 0 Å². The van der Waals surface area contributed by atoms with Crippen molar-refractivity contribution in [1.82, 2.24) is 0 Å². The van der Waals surface area contributed by atoms with Crippen molar-refractivity contribution < 1.29 is 0 Å². The summed E-state index contributed by atoms with van der Waals surface area (Å²) in [6, 6.07) is 15.2. The van der Waals surface area contributed by atoms with E-state index in [-0.39, 0.29) is 0 Å². The van der Waals surface area contributed by atoms with Crippen molar-refractivity contribution in [1.29, 1.82) is 0 Å². The Hall–Kier alpha value is -1.08. The quantitative estimate of drug-likeness (QED) is 0.612. The zero-order valence-corrected chi connectivity index (χ0v) is 12.4. The van der Waals surface area contributed by atoms with Gasteiger partial charge in [-0.15, -0.1) is 0 Å². The van der Waals surface area contributed by atoms with E-state index in [9.17, 15) is 0 Å². The summed E-state index contributed by atoms with van der Waals surface area (Å²) in [4.78, 5) is 0. The molecule has 2 aromatic rings. The highest BCUT2D eigenvalue weighted by Gasteiger charge is 2.05. The number of rotatable bonds is 5. The highest BCUT2D eigenvalue weighted by molar-refractivity contribution is 9.09. The Bertz CT molecular complexity index is 535. The van der Waals surface area contributed by atoms with Crippen molar-refractivity contribution in [2.75, 3.05) is 5.33 Å². The molecule has 0 aromatic heterocycles. The molecule has 2 rings (SSSR count). The molecule has 0 atom stereocenters. The van der Waals surface area contributed by atoms with E-state index in [1.54, 1.807) is 0 Å². The van der Waals surface area contributed by atoms with Crippen molar-refractivity contribution in [3.8, 4) is 0 Å². The van der Waals surface area contributed by atoms with Crippen LogP contribution in [0.15, 0.2) is 48.5 Å². The number of hydrogen-bond donors (Lipinski definition) is 0. The summed E-state index contributed by atoms with van der Waals surface area (Å²) in [5.74, 6) is 0. The molecule has 0 aliphatic carbocycles. The average Bonchev–Trinajstić information content (AvgIpc) is 2.43. The van der Waals surface area contributed by atoms with E-state index in [0.717, 1.165) is 11.8 Å². The van der Waals surface area contributed by atoms with Crippen LogP contribution in [-0.4, -0.2) is 5.33 Å². The highest BCUT2D eigenvalue weighted by Crippen LogP contribution is 2.28. The minimum Gasteiger partial charge on any atom is -0.0883 e. The number of unbranched alkanes of at least 4 members (excludes halogenated alkanes) is 1. The lowest BCUT2D eigenvalue weighted by molar-refractivity contribution is 0.824. The van der Waals surface area contributed by atoms with Crippen LogP contribution in [-0.2, 0) is 0 Å². The Morgan fingerprint density at radius 3 is 2.67 bits per heavy atom. The smallest absolute Gasteiger partial charge is 0.0217 e. The second kappa shape index (κ2) is 6.75. The van der Waals surface area contributed by atoms with Crippen molar-refractivity contribution >= 4 is 32.3 Å². The average molecular weight is 303 g/mol. The van der Waals surface area contributed by atoms with Gasteiger partial charge in [0.15, 0.2) is 0 Å².